The second kappa shape index (κ2) is 25.7. The molecule has 4 aliphatic rings. The largest absolute Gasteiger partial charge is 0.374 e. The summed E-state index contributed by atoms with van der Waals surface area (Å²) in [5.74, 6) is 0.00760. The molecule has 2 unspecified atom stereocenters. The average Bonchev–Trinajstić information content (AvgIpc) is 3.84. The van der Waals surface area contributed by atoms with Crippen LogP contribution >= 0.6 is 0 Å². The zero-order valence-electron chi connectivity index (χ0n) is 33.8. The van der Waals surface area contributed by atoms with Crippen molar-refractivity contribution in [2.24, 2.45) is 11.1 Å². The number of nitrogens with zero attached hydrogens (tertiary/aromatic N) is 5. The van der Waals surface area contributed by atoms with E-state index in [2.05, 4.69) is 54.3 Å². The monoisotopic (exact) mass is 694 g/mol. The Kier molecular flexibility index (Phi) is 24.6. The van der Waals surface area contributed by atoms with Gasteiger partial charge < -0.3 is 25.8 Å². The molecule has 3 amide bonds. The number of likely N-dealkylation sites (N-methyl/N-ethyl adjacent to an activating group) is 2. The van der Waals surface area contributed by atoms with Crippen LogP contribution < -0.4 is 11.1 Å². The molecule has 4 saturated heterocycles. The summed E-state index contributed by atoms with van der Waals surface area (Å²) in [6, 6.07) is 1.05. The van der Waals surface area contributed by atoms with Crippen molar-refractivity contribution >= 4 is 18.2 Å². The molecule has 0 aromatic carbocycles. The van der Waals surface area contributed by atoms with Gasteiger partial charge in [0.1, 0.15) is 6.04 Å². The smallest absolute Gasteiger partial charge is 0.245 e. The molecule has 4 rings (SSSR count). The molecule has 4 fully saturated rings. The Hall–Kier alpha value is -2.17. The van der Waals surface area contributed by atoms with Crippen LogP contribution in [0.2, 0.25) is 0 Å². The van der Waals surface area contributed by atoms with Crippen LogP contribution in [0.4, 0.5) is 0 Å². The first-order valence-corrected chi connectivity index (χ1v) is 19.5. The molecule has 10 nitrogen and oxygen atoms in total. The molecule has 0 aromatic heterocycles. The molecule has 288 valence electrons. The van der Waals surface area contributed by atoms with Crippen LogP contribution in [0, 0.1) is 5.41 Å². The molecule has 10 heteroatoms. The molecule has 0 aliphatic carbocycles. The number of nitrogens with one attached hydrogen (secondary N) is 1. The molecule has 0 bridgehead atoms. The Labute approximate surface area is 302 Å². The summed E-state index contributed by atoms with van der Waals surface area (Å²) < 4.78 is 0. The zero-order valence-corrected chi connectivity index (χ0v) is 33.8. The van der Waals surface area contributed by atoms with Gasteiger partial charge in [0.25, 0.3) is 0 Å². The molecule has 0 saturated carbocycles. The first-order valence-electron chi connectivity index (χ1n) is 19.5. The third-order valence-corrected chi connectivity index (χ3v) is 9.93. The minimum atomic E-state index is -0.499. The molecular weight excluding hydrogens is 614 g/mol. The lowest BCUT2D eigenvalue weighted by Gasteiger charge is -2.37. The first kappa shape index (κ1) is 46.8. The zero-order chi connectivity index (χ0) is 37.6. The molecule has 0 radical (unpaired) electrons. The van der Waals surface area contributed by atoms with E-state index in [0.717, 1.165) is 64.9 Å². The lowest BCUT2D eigenvalue weighted by Crippen LogP contribution is -2.58. The highest BCUT2D eigenvalue weighted by Crippen LogP contribution is 2.23. The van der Waals surface area contributed by atoms with E-state index in [4.69, 9.17) is 5.73 Å². The van der Waals surface area contributed by atoms with Gasteiger partial charge >= 0.3 is 0 Å². The van der Waals surface area contributed by atoms with Crippen LogP contribution in [0.5, 0.6) is 0 Å². The maximum absolute atomic E-state index is 13.2. The van der Waals surface area contributed by atoms with Gasteiger partial charge in [0.2, 0.25) is 18.2 Å². The topological polar surface area (TPSA) is 105 Å². The maximum atomic E-state index is 13.2. The SMILES string of the molecule is C=CN1CCC[C@H]1CN.CC.CCC.C[C@@H]1CCCN1C=O.C[C@@H]1CCCN1CCN(C)C(=O)C(NC(=O)C1CCCCN1C)C(C)(C)C. The highest BCUT2D eigenvalue weighted by Gasteiger charge is 2.37. The van der Waals surface area contributed by atoms with E-state index >= 15 is 0 Å². The van der Waals surface area contributed by atoms with Gasteiger partial charge in [0, 0.05) is 57.9 Å². The Morgan fingerprint density at radius 2 is 1.49 bits per heavy atom. The normalized spacial score (nSPS) is 24.4. The molecule has 3 N–H and O–H groups in total. The quantitative estimate of drug-likeness (QED) is 0.305. The summed E-state index contributed by atoms with van der Waals surface area (Å²) in [6.07, 6.45) is 14.5. The number of hydrogen-bond acceptors (Lipinski definition) is 7. The maximum Gasteiger partial charge on any atom is 0.245 e. The second-order valence-corrected chi connectivity index (χ2v) is 15.1. The van der Waals surface area contributed by atoms with E-state index in [1.165, 1.54) is 44.9 Å². The van der Waals surface area contributed by atoms with Crippen molar-refractivity contribution in [3.05, 3.63) is 12.8 Å². The van der Waals surface area contributed by atoms with E-state index < -0.39 is 6.04 Å². The van der Waals surface area contributed by atoms with Gasteiger partial charge in [-0.15, -0.1) is 0 Å². The molecular formula is C39H79N7O3. The van der Waals surface area contributed by atoms with Crippen molar-refractivity contribution in [2.45, 2.75) is 157 Å². The highest BCUT2D eigenvalue weighted by atomic mass is 16.2. The average molecular weight is 694 g/mol. The van der Waals surface area contributed by atoms with Crippen molar-refractivity contribution in [1.29, 1.82) is 0 Å². The van der Waals surface area contributed by atoms with E-state index in [1.54, 1.807) is 4.90 Å². The van der Waals surface area contributed by atoms with Crippen LogP contribution in [0.3, 0.4) is 0 Å². The first-order chi connectivity index (χ1) is 23.2. The number of nitrogens with two attached hydrogens (primary N) is 1. The summed E-state index contributed by atoms with van der Waals surface area (Å²) in [4.78, 5) is 46.6. The molecule has 4 aliphatic heterocycles. The minimum absolute atomic E-state index is 0.00737. The summed E-state index contributed by atoms with van der Waals surface area (Å²) in [5, 5.41) is 3.09. The summed E-state index contributed by atoms with van der Waals surface area (Å²) in [5.41, 5.74) is 5.19. The fourth-order valence-corrected chi connectivity index (χ4v) is 6.69. The summed E-state index contributed by atoms with van der Waals surface area (Å²) in [7, 11) is 3.86. The van der Waals surface area contributed by atoms with Crippen molar-refractivity contribution < 1.29 is 14.4 Å². The van der Waals surface area contributed by atoms with E-state index in [-0.39, 0.29) is 23.3 Å². The van der Waals surface area contributed by atoms with Gasteiger partial charge in [-0.25, -0.2) is 0 Å². The third kappa shape index (κ3) is 17.1. The van der Waals surface area contributed by atoms with E-state index in [9.17, 15) is 14.4 Å². The molecule has 49 heavy (non-hydrogen) atoms. The molecule has 5 atom stereocenters. The van der Waals surface area contributed by atoms with Crippen LogP contribution in [-0.2, 0) is 14.4 Å². The number of carbonyl (C=O) groups excluding carboxylic acids is 3. The number of carbonyl (C=O) groups is 3. The Morgan fingerprint density at radius 1 is 0.918 bits per heavy atom. The fourth-order valence-electron chi connectivity index (χ4n) is 6.69. The van der Waals surface area contributed by atoms with Crippen molar-refractivity contribution in [3.8, 4) is 0 Å². The molecule has 0 spiro atoms. The number of hydrogen-bond donors (Lipinski definition) is 2. The number of rotatable bonds is 9. The predicted molar refractivity (Wildman–Crippen MR) is 207 cm³/mol. The van der Waals surface area contributed by atoms with Gasteiger partial charge in [0.05, 0.1) is 6.04 Å². The van der Waals surface area contributed by atoms with E-state index in [0.29, 0.717) is 24.7 Å². The Bertz CT molecular complexity index is 912. The van der Waals surface area contributed by atoms with Gasteiger partial charge in [-0.2, -0.15) is 0 Å². The lowest BCUT2D eigenvalue weighted by molar-refractivity contribution is -0.140. The predicted octanol–water partition coefficient (Wildman–Crippen LogP) is 5.57. The van der Waals surface area contributed by atoms with Gasteiger partial charge in [-0.05, 0) is 97.0 Å². The second-order valence-electron chi connectivity index (χ2n) is 15.1. The van der Waals surface area contributed by atoms with Crippen LogP contribution in [0.25, 0.3) is 0 Å². The van der Waals surface area contributed by atoms with Gasteiger partial charge in [0.15, 0.2) is 0 Å². The summed E-state index contributed by atoms with van der Waals surface area (Å²) >= 11 is 0. The highest BCUT2D eigenvalue weighted by molar-refractivity contribution is 5.90. The molecule has 0 aromatic rings. The van der Waals surface area contributed by atoms with Crippen molar-refractivity contribution in [1.82, 2.24) is 29.8 Å². The van der Waals surface area contributed by atoms with Crippen molar-refractivity contribution in [2.75, 3.05) is 59.9 Å². The number of likely N-dealkylation sites (tertiary alicyclic amines) is 4. The van der Waals surface area contributed by atoms with Crippen LogP contribution in [-0.4, -0.2) is 133 Å². The van der Waals surface area contributed by atoms with Gasteiger partial charge in [-0.3, -0.25) is 24.2 Å². The number of piperidine rings is 1. The number of amides is 3. The van der Waals surface area contributed by atoms with Crippen LogP contribution in [0.1, 0.15) is 127 Å². The van der Waals surface area contributed by atoms with Crippen molar-refractivity contribution in [3.63, 3.8) is 0 Å². The third-order valence-electron chi connectivity index (χ3n) is 9.93. The van der Waals surface area contributed by atoms with Gasteiger partial charge in [-0.1, -0.05) is 67.9 Å². The Morgan fingerprint density at radius 3 is 1.92 bits per heavy atom. The lowest BCUT2D eigenvalue weighted by atomic mass is 9.85. The van der Waals surface area contributed by atoms with E-state index in [1.807, 2.05) is 59.8 Å². The standard InChI is InChI=1S/C21H40N4O2.C7H14N2.C6H11NO.C3H8.C2H6/c1-16-10-9-13-25(16)15-14-24(6)20(27)18(21(2,3)4)22-19(26)17-11-7-8-12-23(17)5;1-2-9-5-3-4-7(9)6-8;1-6-3-2-4-7(6)5-8;1-3-2;1-2/h16-18H,7-15H2,1-6H3,(H,22,26);2,7H,1,3-6,8H2;5-6H,2-4H2,1H3;3H2,1-2H3;1-2H3/t16-,17?,18?;7-;6-;;/m101../s1. The fraction of sp³-hybridized carbons (Fsp3) is 0.872. The Balaban J connectivity index is 0.000000844. The summed E-state index contributed by atoms with van der Waals surface area (Å²) in [6.45, 7) is 28.9. The van der Waals surface area contributed by atoms with Crippen LogP contribution in [0.15, 0.2) is 12.8 Å². The minimum Gasteiger partial charge on any atom is -0.374 e. The molecule has 4 heterocycles.